The van der Waals surface area contributed by atoms with Crippen molar-refractivity contribution >= 4 is 5.82 Å². The van der Waals surface area contributed by atoms with Crippen LogP contribution in [0.2, 0.25) is 0 Å². The molecule has 0 spiro atoms. The topological polar surface area (TPSA) is 58.2 Å². The van der Waals surface area contributed by atoms with E-state index in [0.717, 1.165) is 0 Å². The van der Waals surface area contributed by atoms with Crippen molar-refractivity contribution in [1.29, 1.82) is 0 Å². The Balaban J connectivity index is 2.13. The third-order valence-corrected chi connectivity index (χ3v) is 2.24. The molecule has 1 atom stereocenters. The SMILES string of the molecule is O=c1cc(N2CCOC(CF)C2)n[c][nH]1. The summed E-state index contributed by atoms with van der Waals surface area (Å²) < 4.78 is 17.6. The van der Waals surface area contributed by atoms with Gasteiger partial charge >= 0.3 is 0 Å². The van der Waals surface area contributed by atoms with Gasteiger partial charge in [-0.3, -0.25) is 4.79 Å². The minimum Gasteiger partial charge on any atom is -0.372 e. The number of aromatic nitrogens is 2. The van der Waals surface area contributed by atoms with Gasteiger partial charge in [0.1, 0.15) is 18.6 Å². The van der Waals surface area contributed by atoms with Crippen molar-refractivity contribution in [3.63, 3.8) is 0 Å². The fourth-order valence-corrected chi connectivity index (χ4v) is 1.51. The van der Waals surface area contributed by atoms with Crippen LogP contribution in [0.5, 0.6) is 0 Å². The lowest BCUT2D eigenvalue weighted by Crippen LogP contribution is -2.44. The molecule has 6 heteroatoms. The zero-order valence-corrected chi connectivity index (χ0v) is 8.07. The molecule has 1 radical (unpaired) electrons. The van der Waals surface area contributed by atoms with Crippen LogP contribution in [0.3, 0.4) is 0 Å². The van der Waals surface area contributed by atoms with Crippen LogP contribution in [0.15, 0.2) is 10.9 Å². The normalized spacial score (nSPS) is 21.7. The molecule has 1 aliphatic rings. The Morgan fingerprint density at radius 1 is 1.80 bits per heavy atom. The second kappa shape index (κ2) is 4.39. The van der Waals surface area contributed by atoms with Crippen molar-refractivity contribution in [2.75, 3.05) is 31.3 Å². The van der Waals surface area contributed by atoms with Crippen LogP contribution in [0.1, 0.15) is 0 Å². The lowest BCUT2D eigenvalue weighted by Gasteiger charge is -2.32. The van der Waals surface area contributed by atoms with Gasteiger partial charge in [0.25, 0.3) is 5.56 Å². The van der Waals surface area contributed by atoms with E-state index in [0.29, 0.717) is 25.5 Å². The highest BCUT2D eigenvalue weighted by atomic mass is 19.1. The number of nitrogens with one attached hydrogen (secondary N) is 1. The van der Waals surface area contributed by atoms with Crippen LogP contribution in [0.25, 0.3) is 0 Å². The molecule has 1 unspecified atom stereocenters. The second-order valence-corrected chi connectivity index (χ2v) is 3.31. The van der Waals surface area contributed by atoms with Gasteiger partial charge in [-0.25, -0.2) is 9.37 Å². The molecule has 0 aliphatic carbocycles. The van der Waals surface area contributed by atoms with Gasteiger partial charge < -0.3 is 14.6 Å². The van der Waals surface area contributed by atoms with Crippen molar-refractivity contribution < 1.29 is 9.13 Å². The number of morpholine rings is 1. The summed E-state index contributed by atoms with van der Waals surface area (Å²) in [5.41, 5.74) is -0.261. The summed E-state index contributed by atoms with van der Waals surface area (Å²) in [6.45, 7) is 0.952. The van der Waals surface area contributed by atoms with Crippen LogP contribution < -0.4 is 10.5 Å². The van der Waals surface area contributed by atoms with E-state index >= 15 is 0 Å². The van der Waals surface area contributed by atoms with Crippen LogP contribution in [-0.4, -0.2) is 42.4 Å². The molecule has 1 aromatic rings. The lowest BCUT2D eigenvalue weighted by molar-refractivity contribution is 0.0244. The largest absolute Gasteiger partial charge is 0.372 e. The number of aromatic amines is 1. The number of H-pyrrole nitrogens is 1. The molecule has 1 saturated heterocycles. The predicted octanol–water partition coefficient (Wildman–Crippen LogP) is -0.255. The van der Waals surface area contributed by atoms with Gasteiger partial charge in [-0.1, -0.05) is 0 Å². The summed E-state index contributed by atoms with van der Waals surface area (Å²) in [7, 11) is 0. The van der Waals surface area contributed by atoms with Crippen molar-refractivity contribution in [1.82, 2.24) is 9.97 Å². The van der Waals surface area contributed by atoms with Gasteiger partial charge in [0.15, 0.2) is 6.33 Å². The zero-order valence-electron chi connectivity index (χ0n) is 8.07. The van der Waals surface area contributed by atoms with E-state index in [1.54, 1.807) is 0 Å². The summed E-state index contributed by atoms with van der Waals surface area (Å²) >= 11 is 0. The molecule has 5 nitrogen and oxygen atoms in total. The van der Waals surface area contributed by atoms with Gasteiger partial charge in [0, 0.05) is 19.2 Å². The van der Waals surface area contributed by atoms with Gasteiger partial charge in [0.05, 0.1) is 6.61 Å². The average molecular weight is 212 g/mol. The smallest absolute Gasteiger partial charge is 0.253 e. The zero-order chi connectivity index (χ0) is 10.7. The molecule has 0 saturated carbocycles. The molecule has 2 rings (SSSR count). The summed E-state index contributed by atoms with van der Waals surface area (Å²) in [5.74, 6) is 0.514. The summed E-state index contributed by atoms with van der Waals surface area (Å²) in [4.78, 5) is 19.1. The maximum absolute atomic E-state index is 12.4. The standard InChI is InChI=1S/C9H11FN3O2/c10-4-7-5-13(1-2-15-7)8-3-9(14)12-6-11-8/h3,7H,1-2,4-5H2,(H,11,12,14). The number of halogens is 1. The van der Waals surface area contributed by atoms with Gasteiger partial charge in [-0.2, -0.15) is 0 Å². The minimum atomic E-state index is -0.524. The van der Waals surface area contributed by atoms with Crippen LogP contribution >= 0.6 is 0 Å². The molecule has 81 valence electrons. The number of rotatable bonds is 2. The van der Waals surface area contributed by atoms with Crippen molar-refractivity contribution in [3.8, 4) is 0 Å². The third kappa shape index (κ3) is 2.33. The fraction of sp³-hybridized carbons (Fsp3) is 0.556. The summed E-state index contributed by atoms with van der Waals surface area (Å²) in [6.07, 6.45) is 1.96. The van der Waals surface area contributed by atoms with Crippen molar-refractivity contribution in [2.45, 2.75) is 6.10 Å². The summed E-state index contributed by atoms with van der Waals surface area (Å²) in [5, 5.41) is 0. The molecule has 2 heterocycles. The van der Waals surface area contributed by atoms with E-state index in [1.165, 1.54) is 6.07 Å². The van der Waals surface area contributed by atoms with E-state index in [-0.39, 0.29) is 5.56 Å². The minimum absolute atomic E-state index is 0.261. The quantitative estimate of drug-likeness (QED) is 0.734. The Morgan fingerprint density at radius 2 is 2.67 bits per heavy atom. The molecular weight excluding hydrogens is 201 g/mol. The molecular formula is C9H11FN3O2. The average Bonchev–Trinajstić information content (AvgIpc) is 2.29. The number of nitrogens with zero attached hydrogens (tertiary/aromatic N) is 2. The first-order valence-corrected chi connectivity index (χ1v) is 4.69. The highest BCUT2D eigenvalue weighted by Crippen LogP contribution is 2.12. The highest BCUT2D eigenvalue weighted by Gasteiger charge is 2.21. The summed E-state index contributed by atoms with van der Waals surface area (Å²) in [6, 6.07) is 1.37. The molecule has 15 heavy (non-hydrogen) atoms. The van der Waals surface area contributed by atoms with Crippen LogP contribution in [0.4, 0.5) is 10.2 Å². The molecule has 0 aromatic carbocycles. The number of hydrogen-bond acceptors (Lipinski definition) is 4. The van der Waals surface area contributed by atoms with Crippen molar-refractivity contribution in [3.05, 3.63) is 22.7 Å². The lowest BCUT2D eigenvalue weighted by atomic mass is 10.3. The van der Waals surface area contributed by atoms with Gasteiger partial charge in [0.2, 0.25) is 0 Å². The number of ether oxygens (including phenoxy) is 1. The maximum Gasteiger partial charge on any atom is 0.253 e. The second-order valence-electron chi connectivity index (χ2n) is 3.31. The Bertz CT molecular complexity index is 382. The van der Waals surface area contributed by atoms with Crippen LogP contribution in [0, 0.1) is 6.33 Å². The van der Waals surface area contributed by atoms with E-state index < -0.39 is 12.8 Å². The molecule has 1 aliphatic heterocycles. The number of anilines is 1. The Kier molecular flexibility index (Phi) is 2.96. The molecule has 0 amide bonds. The molecule has 0 bridgehead atoms. The fourth-order valence-electron chi connectivity index (χ4n) is 1.51. The monoisotopic (exact) mass is 212 g/mol. The molecule has 1 N–H and O–H groups in total. The third-order valence-electron chi connectivity index (χ3n) is 2.24. The Morgan fingerprint density at radius 3 is 3.40 bits per heavy atom. The maximum atomic E-state index is 12.4. The first kappa shape index (κ1) is 10.1. The van der Waals surface area contributed by atoms with E-state index in [1.807, 2.05) is 4.90 Å². The van der Waals surface area contributed by atoms with Gasteiger partial charge in [-0.15, -0.1) is 0 Å². The number of alkyl halides is 1. The molecule has 1 aromatic heterocycles. The predicted molar refractivity (Wildman–Crippen MR) is 51.6 cm³/mol. The van der Waals surface area contributed by atoms with E-state index in [2.05, 4.69) is 16.3 Å². The Labute approximate surface area is 85.9 Å². The van der Waals surface area contributed by atoms with Gasteiger partial charge in [-0.05, 0) is 0 Å². The number of hydrogen-bond donors (Lipinski definition) is 1. The first-order chi connectivity index (χ1) is 7.29. The highest BCUT2D eigenvalue weighted by molar-refractivity contribution is 5.36. The first-order valence-electron chi connectivity index (χ1n) is 4.69. The van der Waals surface area contributed by atoms with Crippen molar-refractivity contribution in [2.24, 2.45) is 0 Å². The van der Waals surface area contributed by atoms with E-state index in [9.17, 15) is 9.18 Å². The Hall–Kier alpha value is -1.43. The van der Waals surface area contributed by atoms with E-state index in [4.69, 9.17) is 4.74 Å². The molecule has 1 fully saturated rings. The van der Waals surface area contributed by atoms with Crippen LogP contribution in [-0.2, 0) is 4.74 Å².